The maximum absolute atomic E-state index is 14.7. The molecule has 3 aromatic rings. The fourth-order valence-electron chi connectivity index (χ4n) is 3.51. The topological polar surface area (TPSA) is 75.3 Å². The Morgan fingerprint density at radius 2 is 1.66 bits per heavy atom. The van der Waals surface area contributed by atoms with Gasteiger partial charge in [0.15, 0.2) is 17.3 Å². The van der Waals surface area contributed by atoms with Crippen LogP contribution < -0.4 is 9.80 Å². The van der Waals surface area contributed by atoms with Crippen LogP contribution in [-0.4, -0.2) is 56.0 Å². The van der Waals surface area contributed by atoms with Crippen molar-refractivity contribution in [3.05, 3.63) is 35.8 Å². The van der Waals surface area contributed by atoms with Crippen LogP contribution >= 0.6 is 0 Å². The maximum atomic E-state index is 14.7. The van der Waals surface area contributed by atoms with Crippen molar-refractivity contribution in [3.8, 4) is 0 Å². The summed E-state index contributed by atoms with van der Waals surface area (Å²) in [6.07, 6.45) is -1.37. The van der Waals surface area contributed by atoms with Gasteiger partial charge in [-0.3, -0.25) is 0 Å². The highest BCUT2D eigenvalue weighted by Crippen LogP contribution is 2.41. The van der Waals surface area contributed by atoms with Gasteiger partial charge in [-0.15, -0.1) is 15.3 Å². The zero-order valence-electron chi connectivity index (χ0n) is 15.1. The van der Waals surface area contributed by atoms with Crippen LogP contribution in [0.4, 0.5) is 29.2 Å². The van der Waals surface area contributed by atoms with E-state index in [2.05, 4.69) is 25.3 Å². The van der Waals surface area contributed by atoms with Crippen LogP contribution in [0.2, 0.25) is 0 Å². The van der Waals surface area contributed by atoms with Crippen LogP contribution in [-0.2, 0) is 6.18 Å². The van der Waals surface area contributed by atoms with E-state index in [1.54, 1.807) is 6.07 Å². The van der Waals surface area contributed by atoms with Gasteiger partial charge in [-0.1, -0.05) is 0 Å². The summed E-state index contributed by atoms with van der Waals surface area (Å²) in [5.41, 5.74) is 0.493. The van der Waals surface area contributed by atoms with Crippen molar-refractivity contribution in [3.63, 3.8) is 0 Å². The number of rotatable bonds is 3. The van der Waals surface area contributed by atoms with Crippen LogP contribution in [0.1, 0.15) is 30.3 Å². The third kappa shape index (κ3) is 3.21. The van der Waals surface area contributed by atoms with Crippen molar-refractivity contribution < 1.29 is 17.6 Å². The van der Waals surface area contributed by atoms with Crippen LogP contribution in [0, 0.1) is 5.82 Å². The summed E-state index contributed by atoms with van der Waals surface area (Å²) < 4.78 is 54.6. The van der Waals surface area contributed by atoms with Gasteiger partial charge in [0.2, 0.25) is 0 Å². The molecule has 152 valence electrons. The molecule has 1 aliphatic carbocycles. The van der Waals surface area contributed by atoms with E-state index in [-0.39, 0.29) is 23.2 Å². The standard InChI is InChI=1S/C17H16F4N8/c18-13-14(10-1-2-10)22-9-23-15(13)28-7-5-27(6-8-28)12-4-3-11-24-25-16(17(19,20)21)29(11)26-12/h3-4,9-10H,1-2,5-8H2. The van der Waals surface area contributed by atoms with Gasteiger partial charge in [-0.25, -0.2) is 14.4 Å². The van der Waals surface area contributed by atoms with E-state index in [1.165, 1.54) is 12.4 Å². The fourth-order valence-corrected chi connectivity index (χ4v) is 3.51. The highest BCUT2D eigenvalue weighted by Gasteiger charge is 2.38. The first-order valence-electron chi connectivity index (χ1n) is 9.22. The molecule has 0 bridgehead atoms. The lowest BCUT2D eigenvalue weighted by Crippen LogP contribution is -2.47. The minimum atomic E-state index is -4.65. The first kappa shape index (κ1) is 18.0. The third-order valence-corrected chi connectivity index (χ3v) is 5.17. The van der Waals surface area contributed by atoms with Gasteiger partial charge < -0.3 is 9.80 Å². The Morgan fingerprint density at radius 3 is 2.34 bits per heavy atom. The Bertz CT molecular complexity index is 1050. The fraction of sp³-hybridized carbons (Fsp3) is 0.471. The van der Waals surface area contributed by atoms with Crippen LogP contribution in [0.25, 0.3) is 5.65 Å². The van der Waals surface area contributed by atoms with Crippen molar-refractivity contribution in [2.24, 2.45) is 0 Å². The van der Waals surface area contributed by atoms with Crippen molar-refractivity contribution >= 4 is 17.3 Å². The first-order valence-corrected chi connectivity index (χ1v) is 9.22. The molecule has 8 nitrogen and oxygen atoms in total. The Labute approximate surface area is 162 Å². The Kier molecular flexibility index (Phi) is 4.03. The summed E-state index contributed by atoms with van der Waals surface area (Å²) in [7, 11) is 0. The monoisotopic (exact) mass is 408 g/mol. The molecule has 12 heteroatoms. The largest absolute Gasteiger partial charge is 0.453 e. The van der Waals surface area contributed by atoms with E-state index in [4.69, 9.17) is 0 Å². The van der Waals surface area contributed by atoms with E-state index in [9.17, 15) is 17.6 Å². The summed E-state index contributed by atoms with van der Waals surface area (Å²) in [5, 5.41) is 10.8. The van der Waals surface area contributed by atoms with Crippen molar-refractivity contribution in [1.29, 1.82) is 0 Å². The van der Waals surface area contributed by atoms with Crippen molar-refractivity contribution in [2.75, 3.05) is 36.0 Å². The van der Waals surface area contributed by atoms with Gasteiger partial charge in [0.05, 0.1) is 5.69 Å². The zero-order valence-corrected chi connectivity index (χ0v) is 15.1. The van der Waals surface area contributed by atoms with Gasteiger partial charge in [-0.2, -0.15) is 17.7 Å². The van der Waals surface area contributed by atoms with E-state index in [0.29, 0.717) is 42.2 Å². The molecule has 0 amide bonds. The normalized spacial score (nSPS) is 17.9. The molecule has 4 heterocycles. The predicted molar refractivity (Wildman–Crippen MR) is 94.2 cm³/mol. The average Bonchev–Trinajstić information content (AvgIpc) is 3.45. The molecule has 0 N–H and O–H groups in total. The second kappa shape index (κ2) is 6.49. The second-order valence-corrected chi connectivity index (χ2v) is 7.13. The Balaban J connectivity index is 1.35. The van der Waals surface area contributed by atoms with Gasteiger partial charge in [-0.05, 0) is 25.0 Å². The molecule has 3 aromatic heterocycles. The second-order valence-electron chi connectivity index (χ2n) is 7.13. The number of nitrogens with zero attached hydrogens (tertiary/aromatic N) is 8. The van der Waals surface area contributed by atoms with Gasteiger partial charge in [0, 0.05) is 32.1 Å². The number of fused-ring (bicyclic) bond motifs is 1. The zero-order chi connectivity index (χ0) is 20.2. The lowest BCUT2D eigenvalue weighted by Gasteiger charge is -2.36. The molecule has 0 atom stereocenters. The number of piperazine rings is 1. The number of aromatic nitrogens is 6. The maximum Gasteiger partial charge on any atom is 0.453 e. The highest BCUT2D eigenvalue weighted by atomic mass is 19.4. The molecular formula is C17H16F4N8. The molecule has 0 spiro atoms. The van der Waals surface area contributed by atoms with E-state index in [1.807, 2.05) is 9.80 Å². The Hall–Kier alpha value is -3.05. The molecule has 1 saturated heterocycles. The number of anilines is 2. The van der Waals surface area contributed by atoms with Crippen LogP contribution in [0.15, 0.2) is 18.5 Å². The summed E-state index contributed by atoms with van der Waals surface area (Å²) in [6.45, 7) is 1.85. The highest BCUT2D eigenvalue weighted by molar-refractivity contribution is 5.49. The van der Waals surface area contributed by atoms with E-state index >= 15 is 0 Å². The number of alkyl halides is 3. The molecule has 0 aromatic carbocycles. The van der Waals surface area contributed by atoms with Crippen molar-refractivity contribution in [2.45, 2.75) is 24.9 Å². The summed E-state index contributed by atoms with van der Waals surface area (Å²) in [6, 6.07) is 3.05. The molecule has 1 saturated carbocycles. The SMILES string of the molecule is Fc1c(C2CC2)ncnc1N1CCN(c2ccc3nnc(C(F)(F)F)n3n2)CC1. The quantitative estimate of drug-likeness (QED) is 0.616. The van der Waals surface area contributed by atoms with Crippen LogP contribution in [0.3, 0.4) is 0 Å². The smallest absolute Gasteiger partial charge is 0.352 e. The minimum absolute atomic E-state index is 0.0235. The molecule has 29 heavy (non-hydrogen) atoms. The number of hydrogen-bond acceptors (Lipinski definition) is 7. The molecule has 5 rings (SSSR count). The average molecular weight is 408 g/mol. The van der Waals surface area contributed by atoms with Gasteiger partial charge in [0.25, 0.3) is 5.82 Å². The summed E-state index contributed by atoms with van der Waals surface area (Å²) in [4.78, 5) is 11.8. The van der Waals surface area contributed by atoms with E-state index in [0.717, 1.165) is 12.8 Å². The lowest BCUT2D eigenvalue weighted by atomic mass is 10.2. The summed E-state index contributed by atoms with van der Waals surface area (Å²) in [5.74, 6) is -0.695. The minimum Gasteiger partial charge on any atom is -0.352 e. The molecule has 0 unspecified atom stereocenters. The third-order valence-electron chi connectivity index (χ3n) is 5.17. The first-order chi connectivity index (χ1) is 13.9. The lowest BCUT2D eigenvalue weighted by molar-refractivity contribution is -0.146. The van der Waals surface area contributed by atoms with Gasteiger partial charge >= 0.3 is 6.18 Å². The van der Waals surface area contributed by atoms with Crippen molar-refractivity contribution in [1.82, 2.24) is 29.8 Å². The molecular weight excluding hydrogens is 392 g/mol. The number of halogens is 4. The Morgan fingerprint density at radius 1 is 0.931 bits per heavy atom. The summed E-state index contributed by atoms with van der Waals surface area (Å²) >= 11 is 0. The molecule has 1 aliphatic heterocycles. The predicted octanol–water partition coefficient (Wildman–Crippen LogP) is 2.28. The molecule has 0 radical (unpaired) electrons. The van der Waals surface area contributed by atoms with Gasteiger partial charge in [0.1, 0.15) is 12.1 Å². The molecule has 2 aliphatic rings. The van der Waals surface area contributed by atoms with E-state index < -0.39 is 12.0 Å². The number of hydrogen-bond donors (Lipinski definition) is 0. The van der Waals surface area contributed by atoms with Crippen LogP contribution in [0.5, 0.6) is 0 Å². The molecule has 2 fully saturated rings.